The molecule has 7 nitrogen and oxygen atoms in total. The van der Waals surface area contributed by atoms with E-state index in [0.717, 1.165) is 19.3 Å². The molecule has 144 valence electrons. The Morgan fingerprint density at radius 2 is 1.65 bits per heavy atom. The van der Waals surface area contributed by atoms with Crippen molar-refractivity contribution < 1.29 is 22.7 Å². The molecule has 1 atom stereocenters. The van der Waals surface area contributed by atoms with Gasteiger partial charge in [0.25, 0.3) is 5.91 Å². The van der Waals surface area contributed by atoms with Gasteiger partial charge in [-0.15, -0.1) is 0 Å². The van der Waals surface area contributed by atoms with Crippen LogP contribution in [0.4, 0.5) is 0 Å². The summed E-state index contributed by atoms with van der Waals surface area (Å²) in [5.41, 5.74) is 0.289. The molecule has 0 bridgehead atoms. The number of esters is 1. The molecule has 8 heteroatoms. The highest BCUT2D eigenvalue weighted by atomic mass is 32.2. The minimum Gasteiger partial charge on any atom is -0.467 e. The normalized spacial score (nSPS) is 16.9. The fourth-order valence-corrected chi connectivity index (χ4v) is 4.40. The van der Waals surface area contributed by atoms with E-state index in [9.17, 15) is 18.0 Å². The highest BCUT2D eigenvalue weighted by Gasteiger charge is 2.27. The molecule has 1 aliphatic heterocycles. The maximum Gasteiger partial charge on any atom is 0.328 e. The minimum absolute atomic E-state index is 0.134. The van der Waals surface area contributed by atoms with Crippen molar-refractivity contribution in [2.45, 2.75) is 44.0 Å². The van der Waals surface area contributed by atoms with Crippen LogP contribution < -0.4 is 5.32 Å². The van der Waals surface area contributed by atoms with Crippen molar-refractivity contribution in [3.8, 4) is 0 Å². The highest BCUT2D eigenvalue weighted by Crippen LogP contribution is 2.21. The lowest BCUT2D eigenvalue weighted by Gasteiger charge is -2.26. The van der Waals surface area contributed by atoms with Crippen LogP contribution >= 0.6 is 0 Å². The van der Waals surface area contributed by atoms with Crippen LogP contribution in [-0.4, -0.2) is 50.8 Å². The van der Waals surface area contributed by atoms with Crippen molar-refractivity contribution >= 4 is 21.9 Å². The van der Waals surface area contributed by atoms with Crippen LogP contribution in [0, 0.1) is 5.92 Å². The molecule has 1 N–H and O–H groups in total. The Morgan fingerprint density at radius 1 is 1.08 bits per heavy atom. The maximum atomic E-state index is 12.6. The molecular formula is C18H26N2O5S. The van der Waals surface area contributed by atoms with Crippen LogP contribution in [0.2, 0.25) is 0 Å². The van der Waals surface area contributed by atoms with E-state index in [1.807, 2.05) is 0 Å². The van der Waals surface area contributed by atoms with Crippen LogP contribution in [0.3, 0.4) is 0 Å². The number of hydrogen-bond acceptors (Lipinski definition) is 5. The van der Waals surface area contributed by atoms with Gasteiger partial charge >= 0.3 is 5.97 Å². The van der Waals surface area contributed by atoms with Gasteiger partial charge in [0, 0.05) is 18.7 Å². The number of sulfonamides is 1. The van der Waals surface area contributed by atoms with E-state index < -0.39 is 27.9 Å². The van der Waals surface area contributed by atoms with E-state index >= 15 is 0 Å². The van der Waals surface area contributed by atoms with E-state index in [0.29, 0.717) is 13.1 Å². The van der Waals surface area contributed by atoms with Crippen molar-refractivity contribution in [2.75, 3.05) is 20.2 Å². The molecule has 0 radical (unpaired) electrons. The number of hydrogen-bond donors (Lipinski definition) is 1. The fourth-order valence-electron chi connectivity index (χ4n) is 2.88. The fraction of sp³-hybridized carbons (Fsp3) is 0.556. The van der Waals surface area contributed by atoms with Gasteiger partial charge in [0.05, 0.1) is 12.0 Å². The van der Waals surface area contributed by atoms with E-state index in [2.05, 4.69) is 5.32 Å². The lowest BCUT2D eigenvalue weighted by atomic mass is 10.0. The SMILES string of the molecule is COC(=O)[C@@H](NC(=O)c1ccc(S(=O)(=O)N2CCCCC2)cc1)C(C)C. The molecule has 1 heterocycles. The summed E-state index contributed by atoms with van der Waals surface area (Å²) < 4.78 is 31.4. The molecule has 1 aliphatic rings. The Morgan fingerprint density at radius 3 is 2.15 bits per heavy atom. The molecule has 0 unspecified atom stereocenters. The molecule has 1 fully saturated rings. The van der Waals surface area contributed by atoms with E-state index in [-0.39, 0.29) is 16.4 Å². The average molecular weight is 382 g/mol. The number of benzene rings is 1. The third-order valence-corrected chi connectivity index (χ3v) is 6.39. The Bertz CT molecular complexity index is 737. The van der Waals surface area contributed by atoms with Crippen molar-refractivity contribution in [2.24, 2.45) is 5.92 Å². The van der Waals surface area contributed by atoms with Crippen molar-refractivity contribution in [1.29, 1.82) is 0 Å². The third kappa shape index (κ3) is 4.62. The standard InChI is InChI=1S/C18H26N2O5S/c1-13(2)16(18(22)25-3)19-17(21)14-7-9-15(10-8-14)26(23,24)20-11-5-4-6-12-20/h7-10,13,16H,4-6,11-12H2,1-3H3,(H,19,21)/t16-/m0/s1. The lowest BCUT2D eigenvalue weighted by Crippen LogP contribution is -2.45. The molecule has 0 spiro atoms. The quantitative estimate of drug-likeness (QED) is 0.757. The van der Waals surface area contributed by atoms with Gasteiger partial charge < -0.3 is 10.1 Å². The number of nitrogens with zero attached hydrogens (tertiary/aromatic N) is 1. The van der Waals surface area contributed by atoms with Gasteiger partial charge in [-0.3, -0.25) is 4.79 Å². The summed E-state index contributed by atoms with van der Waals surface area (Å²) in [5.74, 6) is -1.10. The molecule has 1 saturated heterocycles. The zero-order valence-electron chi connectivity index (χ0n) is 15.4. The van der Waals surface area contributed by atoms with Gasteiger partial charge in [0.15, 0.2) is 0 Å². The van der Waals surface area contributed by atoms with E-state index in [1.54, 1.807) is 13.8 Å². The summed E-state index contributed by atoms with van der Waals surface area (Å²) in [5, 5.41) is 2.63. The van der Waals surface area contributed by atoms with E-state index in [1.165, 1.54) is 35.7 Å². The molecule has 0 aromatic heterocycles. The zero-order chi connectivity index (χ0) is 19.3. The number of ether oxygens (including phenoxy) is 1. The summed E-state index contributed by atoms with van der Waals surface area (Å²) in [6.45, 7) is 4.66. The molecule has 0 aliphatic carbocycles. The molecular weight excluding hydrogens is 356 g/mol. The largest absolute Gasteiger partial charge is 0.467 e. The van der Waals surface area contributed by atoms with Gasteiger partial charge in [-0.2, -0.15) is 4.31 Å². The molecule has 1 aromatic carbocycles. The second-order valence-electron chi connectivity index (χ2n) is 6.71. The van der Waals surface area contributed by atoms with Crippen molar-refractivity contribution in [3.63, 3.8) is 0 Å². The summed E-state index contributed by atoms with van der Waals surface area (Å²) in [7, 11) is -2.26. The van der Waals surface area contributed by atoms with Crippen molar-refractivity contribution in [1.82, 2.24) is 9.62 Å². The number of piperidine rings is 1. The van der Waals surface area contributed by atoms with Crippen LogP contribution in [0.1, 0.15) is 43.5 Å². The number of methoxy groups -OCH3 is 1. The predicted octanol–water partition coefficient (Wildman–Crippen LogP) is 1.79. The second-order valence-corrected chi connectivity index (χ2v) is 8.65. The topological polar surface area (TPSA) is 92.8 Å². The first kappa shape index (κ1) is 20.4. The van der Waals surface area contributed by atoms with Crippen LogP contribution in [0.15, 0.2) is 29.2 Å². The summed E-state index contributed by atoms with van der Waals surface area (Å²) in [6.07, 6.45) is 2.77. The number of rotatable bonds is 6. The number of carbonyl (C=O) groups is 2. The number of amides is 1. The molecule has 2 rings (SSSR count). The monoisotopic (exact) mass is 382 g/mol. The number of carbonyl (C=O) groups excluding carboxylic acids is 2. The Hall–Kier alpha value is -1.93. The van der Waals surface area contributed by atoms with Gasteiger partial charge in [0.2, 0.25) is 10.0 Å². The van der Waals surface area contributed by atoms with Crippen LogP contribution in [-0.2, 0) is 19.6 Å². The maximum absolute atomic E-state index is 12.6. The van der Waals surface area contributed by atoms with Gasteiger partial charge in [0.1, 0.15) is 6.04 Å². The van der Waals surface area contributed by atoms with Crippen LogP contribution in [0.5, 0.6) is 0 Å². The molecule has 1 amide bonds. The van der Waals surface area contributed by atoms with Crippen LogP contribution in [0.25, 0.3) is 0 Å². The average Bonchev–Trinajstić information content (AvgIpc) is 2.65. The molecule has 26 heavy (non-hydrogen) atoms. The first-order valence-corrected chi connectivity index (χ1v) is 10.2. The Balaban J connectivity index is 2.13. The third-order valence-electron chi connectivity index (χ3n) is 4.48. The van der Waals surface area contributed by atoms with Gasteiger partial charge in [-0.1, -0.05) is 20.3 Å². The van der Waals surface area contributed by atoms with Crippen molar-refractivity contribution in [3.05, 3.63) is 29.8 Å². The Labute approximate surface area is 154 Å². The molecule has 0 saturated carbocycles. The summed E-state index contributed by atoms with van der Waals surface area (Å²) >= 11 is 0. The van der Waals surface area contributed by atoms with Gasteiger partial charge in [-0.05, 0) is 43.0 Å². The predicted molar refractivity (Wildman–Crippen MR) is 97.2 cm³/mol. The number of nitrogens with one attached hydrogen (secondary N) is 1. The first-order chi connectivity index (χ1) is 12.3. The lowest BCUT2D eigenvalue weighted by molar-refractivity contribution is -0.144. The Kier molecular flexibility index (Phi) is 6.77. The first-order valence-electron chi connectivity index (χ1n) is 8.76. The molecule has 1 aromatic rings. The van der Waals surface area contributed by atoms with Gasteiger partial charge in [-0.25, -0.2) is 13.2 Å². The summed E-state index contributed by atoms with van der Waals surface area (Å²) in [4.78, 5) is 24.3. The zero-order valence-corrected chi connectivity index (χ0v) is 16.2. The highest BCUT2D eigenvalue weighted by molar-refractivity contribution is 7.89. The second kappa shape index (κ2) is 8.64. The minimum atomic E-state index is -3.53. The smallest absolute Gasteiger partial charge is 0.328 e. The van der Waals surface area contributed by atoms with E-state index in [4.69, 9.17) is 4.74 Å². The summed E-state index contributed by atoms with van der Waals surface area (Å²) in [6, 6.07) is 5.02.